The molecule has 0 bridgehead atoms. The Morgan fingerprint density at radius 1 is 1.42 bits per heavy atom. The largest absolute Gasteiger partial charge is 0.339 e. The van der Waals surface area contributed by atoms with Crippen LogP contribution in [0.5, 0.6) is 0 Å². The van der Waals surface area contributed by atoms with Crippen molar-refractivity contribution in [1.29, 1.82) is 0 Å². The Morgan fingerprint density at radius 3 is 3.00 bits per heavy atom. The summed E-state index contributed by atoms with van der Waals surface area (Å²) < 4.78 is 1.96. The third-order valence-corrected chi connectivity index (χ3v) is 5.01. The SMILES string of the molecule is CN(C(=O)c1cc(Br)ccc1I)C1CCCNCC1. The molecule has 19 heavy (non-hydrogen) atoms. The zero-order valence-electron chi connectivity index (χ0n) is 11.0. The Labute approximate surface area is 136 Å². The molecule has 1 amide bonds. The van der Waals surface area contributed by atoms with Crippen LogP contribution >= 0.6 is 38.5 Å². The smallest absolute Gasteiger partial charge is 0.254 e. The van der Waals surface area contributed by atoms with E-state index in [1.54, 1.807) is 0 Å². The maximum atomic E-state index is 12.6. The summed E-state index contributed by atoms with van der Waals surface area (Å²) in [5.74, 6) is 0.123. The van der Waals surface area contributed by atoms with Crippen molar-refractivity contribution in [3.63, 3.8) is 0 Å². The lowest BCUT2D eigenvalue weighted by atomic mass is 10.1. The Morgan fingerprint density at radius 2 is 2.21 bits per heavy atom. The van der Waals surface area contributed by atoms with Gasteiger partial charge in [0.15, 0.2) is 0 Å². The first kappa shape index (κ1) is 15.3. The minimum atomic E-state index is 0.123. The van der Waals surface area contributed by atoms with Gasteiger partial charge in [-0.05, 0) is 73.1 Å². The van der Waals surface area contributed by atoms with Crippen LogP contribution in [-0.2, 0) is 0 Å². The van der Waals surface area contributed by atoms with Crippen molar-refractivity contribution in [3.05, 3.63) is 31.8 Å². The van der Waals surface area contributed by atoms with E-state index >= 15 is 0 Å². The number of benzene rings is 1. The van der Waals surface area contributed by atoms with Gasteiger partial charge in [0.2, 0.25) is 0 Å². The van der Waals surface area contributed by atoms with Gasteiger partial charge >= 0.3 is 0 Å². The highest BCUT2D eigenvalue weighted by molar-refractivity contribution is 14.1. The number of nitrogens with zero attached hydrogens (tertiary/aromatic N) is 1. The van der Waals surface area contributed by atoms with Crippen molar-refractivity contribution >= 4 is 44.4 Å². The number of hydrogen-bond donors (Lipinski definition) is 1. The van der Waals surface area contributed by atoms with Gasteiger partial charge in [-0.15, -0.1) is 0 Å². The highest BCUT2D eigenvalue weighted by atomic mass is 127. The monoisotopic (exact) mass is 436 g/mol. The fraction of sp³-hybridized carbons (Fsp3) is 0.500. The number of halogens is 2. The van der Waals surface area contributed by atoms with Gasteiger partial charge in [0.25, 0.3) is 5.91 Å². The summed E-state index contributed by atoms with van der Waals surface area (Å²) in [5.41, 5.74) is 0.787. The van der Waals surface area contributed by atoms with Crippen molar-refractivity contribution in [3.8, 4) is 0 Å². The van der Waals surface area contributed by atoms with Crippen LogP contribution in [0.1, 0.15) is 29.6 Å². The maximum Gasteiger partial charge on any atom is 0.254 e. The molecule has 1 saturated heterocycles. The Kier molecular flexibility index (Phi) is 5.65. The van der Waals surface area contributed by atoms with E-state index in [1.807, 2.05) is 30.1 Å². The van der Waals surface area contributed by atoms with Gasteiger partial charge in [0.1, 0.15) is 0 Å². The van der Waals surface area contributed by atoms with E-state index in [-0.39, 0.29) is 5.91 Å². The van der Waals surface area contributed by atoms with Crippen LogP contribution in [0, 0.1) is 3.57 Å². The van der Waals surface area contributed by atoms with Gasteiger partial charge in [0.05, 0.1) is 5.56 Å². The number of rotatable bonds is 2. The van der Waals surface area contributed by atoms with Crippen molar-refractivity contribution < 1.29 is 4.79 Å². The lowest BCUT2D eigenvalue weighted by molar-refractivity contribution is 0.0719. The molecule has 1 aliphatic rings. The molecule has 1 atom stereocenters. The van der Waals surface area contributed by atoms with Gasteiger partial charge in [-0.1, -0.05) is 15.9 Å². The van der Waals surface area contributed by atoms with E-state index in [0.717, 1.165) is 46.0 Å². The predicted molar refractivity (Wildman–Crippen MR) is 89.5 cm³/mol. The molecular formula is C14H18BrIN2O. The zero-order chi connectivity index (χ0) is 13.8. The summed E-state index contributed by atoms with van der Waals surface area (Å²) in [7, 11) is 1.93. The van der Waals surface area contributed by atoms with E-state index in [2.05, 4.69) is 43.8 Å². The van der Waals surface area contributed by atoms with Crippen LogP contribution < -0.4 is 5.32 Å². The number of carbonyl (C=O) groups is 1. The number of amides is 1. The zero-order valence-corrected chi connectivity index (χ0v) is 14.7. The fourth-order valence-electron chi connectivity index (χ4n) is 2.41. The van der Waals surface area contributed by atoms with Crippen molar-refractivity contribution in [2.75, 3.05) is 20.1 Å². The second-order valence-corrected chi connectivity index (χ2v) is 6.95. The summed E-state index contributed by atoms with van der Waals surface area (Å²) in [5, 5.41) is 3.38. The van der Waals surface area contributed by atoms with Crippen molar-refractivity contribution in [2.45, 2.75) is 25.3 Å². The van der Waals surface area contributed by atoms with Gasteiger partial charge < -0.3 is 10.2 Å². The van der Waals surface area contributed by atoms with Crippen LogP contribution in [0.15, 0.2) is 22.7 Å². The second kappa shape index (κ2) is 7.04. The molecule has 1 heterocycles. The van der Waals surface area contributed by atoms with Crippen LogP contribution in [0.25, 0.3) is 0 Å². The van der Waals surface area contributed by atoms with Crippen molar-refractivity contribution in [2.24, 2.45) is 0 Å². The first-order chi connectivity index (χ1) is 9.09. The molecule has 3 nitrogen and oxygen atoms in total. The topological polar surface area (TPSA) is 32.3 Å². The molecule has 1 aromatic rings. The molecule has 1 fully saturated rings. The Bertz CT molecular complexity index is 459. The van der Waals surface area contributed by atoms with Crippen LogP contribution in [-0.4, -0.2) is 37.0 Å². The van der Waals surface area contributed by atoms with Gasteiger partial charge in [0, 0.05) is 21.1 Å². The first-order valence-corrected chi connectivity index (χ1v) is 8.39. The molecule has 5 heteroatoms. The van der Waals surface area contributed by atoms with Gasteiger partial charge in [-0.2, -0.15) is 0 Å². The van der Waals surface area contributed by atoms with E-state index in [0.29, 0.717) is 6.04 Å². The normalized spacial score (nSPS) is 19.8. The highest BCUT2D eigenvalue weighted by Crippen LogP contribution is 2.22. The molecular weight excluding hydrogens is 419 g/mol. The minimum Gasteiger partial charge on any atom is -0.339 e. The molecule has 2 rings (SSSR count). The second-order valence-electron chi connectivity index (χ2n) is 4.87. The molecule has 104 valence electrons. The van der Waals surface area contributed by atoms with Crippen molar-refractivity contribution in [1.82, 2.24) is 10.2 Å². The quantitative estimate of drug-likeness (QED) is 0.721. The Balaban J connectivity index is 2.15. The molecule has 1 aliphatic heterocycles. The standard InChI is InChI=1S/C14H18BrIN2O/c1-18(11-3-2-7-17-8-6-11)14(19)12-9-10(15)4-5-13(12)16/h4-5,9,11,17H,2-3,6-8H2,1H3. The van der Waals surface area contributed by atoms with E-state index in [9.17, 15) is 4.79 Å². The van der Waals surface area contributed by atoms with E-state index < -0.39 is 0 Å². The summed E-state index contributed by atoms with van der Waals surface area (Å²) in [6.45, 7) is 2.06. The van der Waals surface area contributed by atoms with Crippen LogP contribution in [0.3, 0.4) is 0 Å². The van der Waals surface area contributed by atoms with Crippen LogP contribution in [0.4, 0.5) is 0 Å². The summed E-state index contributed by atoms with van der Waals surface area (Å²) in [4.78, 5) is 14.5. The lowest BCUT2D eigenvalue weighted by Crippen LogP contribution is -2.38. The average molecular weight is 437 g/mol. The van der Waals surface area contributed by atoms with Gasteiger partial charge in [-0.3, -0.25) is 4.79 Å². The van der Waals surface area contributed by atoms with Crippen LogP contribution in [0.2, 0.25) is 0 Å². The summed E-state index contributed by atoms with van der Waals surface area (Å²) in [6.07, 6.45) is 3.25. The number of hydrogen-bond acceptors (Lipinski definition) is 2. The molecule has 0 saturated carbocycles. The molecule has 1 unspecified atom stereocenters. The molecule has 0 radical (unpaired) electrons. The lowest BCUT2D eigenvalue weighted by Gasteiger charge is -2.27. The first-order valence-electron chi connectivity index (χ1n) is 6.52. The number of nitrogens with one attached hydrogen (secondary N) is 1. The molecule has 0 aliphatic carbocycles. The predicted octanol–water partition coefficient (Wildman–Crippen LogP) is 3.27. The molecule has 0 spiro atoms. The highest BCUT2D eigenvalue weighted by Gasteiger charge is 2.23. The average Bonchev–Trinajstić information content (AvgIpc) is 2.69. The third kappa shape index (κ3) is 3.92. The fourth-order valence-corrected chi connectivity index (χ4v) is 3.33. The Hall–Kier alpha value is -0.140. The van der Waals surface area contributed by atoms with Gasteiger partial charge in [-0.25, -0.2) is 0 Å². The third-order valence-electron chi connectivity index (χ3n) is 3.57. The molecule has 1 aromatic carbocycles. The number of carbonyl (C=O) groups excluding carboxylic acids is 1. The van der Waals surface area contributed by atoms with E-state index in [1.165, 1.54) is 0 Å². The molecule has 1 N–H and O–H groups in total. The van der Waals surface area contributed by atoms with E-state index in [4.69, 9.17) is 0 Å². The molecule has 0 aromatic heterocycles. The summed E-state index contributed by atoms with van der Waals surface area (Å²) >= 11 is 5.66. The maximum absolute atomic E-state index is 12.6. The minimum absolute atomic E-state index is 0.123. The summed E-state index contributed by atoms with van der Waals surface area (Å²) in [6, 6.07) is 6.20.